The number of amides is 1. The van der Waals surface area contributed by atoms with Gasteiger partial charge in [0.1, 0.15) is 5.54 Å². The Labute approximate surface area is 129 Å². The summed E-state index contributed by atoms with van der Waals surface area (Å²) in [6.45, 7) is 5.78. The molecule has 1 amide bonds. The number of carbonyl (C=O) groups excluding carboxylic acids is 1. The van der Waals surface area contributed by atoms with Crippen LogP contribution in [0.2, 0.25) is 0 Å². The Morgan fingerprint density at radius 1 is 1.50 bits per heavy atom. The normalized spacial score (nSPS) is 15.2. The molecular weight excluding hydrogens is 318 g/mol. The second kappa shape index (κ2) is 6.92. The minimum Gasteiger partial charge on any atom is -0.367 e. The highest BCUT2D eigenvalue weighted by Gasteiger charge is 2.31. The molecule has 0 saturated carbocycles. The van der Waals surface area contributed by atoms with Crippen LogP contribution < -0.4 is 5.32 Å². The third-order valence-corrected chi connectivity index (χ3v) is 3.96. The first-order valence-corrected chi connectivity index (χ1v) is 7.21. The molecule has 4 heteroatoms. The molecule has 3 nitrogen and oxygen atoms in total. The van der Waals surface area contributed by atoms with Gasteiger partial charge in [0.05, 0.1) is 0 Å². The third kappa shape index (κ3) is 3.84. The second-order valence-corrected chi connectivity index (χ2v) is 6.08. The van der Waals surface area contributed by atoms with Crippen molar-refractivity contribution in [3.8, 4) is 12.3 Å². The molecule has 0 spiro atoms. The number of methoxy groups -OCH3 is 1. The van der Waals surface area contributed by atoms with E-state index < -0.39 is 11.6 Å². The summed E-state index contributed by atoms with van der Waals surface area (Å²) >= 11 is 3.39. The maximum Gasteiger partial charge on any atom is 0.254 e. The lowest BCUT2D eigenvalue weighted by atomic mass is 9.89. The van der Waals surface area contributed by atoms with Crippen LogP contribution >= 0.6 is 15.9 Å². The molecule has 0 aliphatic carbocycles. The lowest BCUT2D eigenvalue weighted by Crippen LogP contribution is -2.50. The summed E-state index contributed by atoms with van der Waals surface area (Å²) in [6, 6.07) is 7.47. The van der Waals surface area contributed by atoms with Crippen molar-refractivity contribution in [2.75, 3.05) is 7.11 Å². The third-order valence-electron chi connectivity index (χ3n) is 3.46. The van der Waals surface area contributed by atoms with E-state index in [1.54, 1.807) is 0 Å². The Kier molecular flexibility index (Phi) is 5.79. The van der Waals surface area contributed by atoms with Gasteiger partial charge >= 0.3 is 0 Å². The summed E-state index contributed by atoms with van der Waals surface area (Å²) in [5.74, 6) is 2.54. The van der Waals surface area contributed by atoms with Gasteiger partial charge in [-0.25, -0.2) is 0 Å². The largest absolute Gasteiger partial charge is 0.367 e. The van der Waals surface area contributed by atoms with Crippen LogP contribution in [0.4, 0.5) is 0 Å². The van der Waals surface area contributed by atoms with Crippen LogP contribution in [0.1, 0.15) is 32.4 Å². The maximum atomic E-state index is 12.4. The molecule has 1 aromatic rings. The fraction of sp³-hybridized carbons (Fsp3) is 0.438. The van der Waals surface area contributed by atoms with Crippen LogP contribution in [-0.2, 0) is 9.53 Å². The van der Waals surface area contributed by atoms with Gasteiger partial charge in [0.2, 0.25) is 0 Å². The van der Waals surface area contributed by atoms with Crippen molar-refractivity contribution in [2.45, 2.75) is 32.4 Å². The average molecular weight is 338 g/mol. The van der Waals surface area contributed by atoms with E-state index in [2.05, 4.69) is 27.2 Å². The molecule has 0 bridgehead atoms. The number of rotatable bonds is 5. The summed E-state index contributed by atoms with van der Waals surface area (Å²) in [7, 11) is 1.51. The topological polar surface area (TPSA) is 38.3 Å². The van der Waals surface area contributed by atoms with Gasteiger partial charge in [-0.05, 0) is 30.5 Å². The van der Waals surface area contributed by atoms with Crippen molar-refractivity contribution >= 4 is 21.8 Å². The molecule has 1 aromatic carbocycles. The highest BCUT2D eigenvalue weighted by Crippen LogP contribution is 2.23. The predicted molar refractivity (Wildman–Crippen MR) is 84.1 cm³/mol. The zero-order valence-electron chi connectivity index (χ0n) is 12.2. The zero-order chi connectivity index (χ0) is 15.3. The van der Waals surface area contributed by atoms with Crippen molar-refractivity contribution in [3.05, 3.63) is 34.3 Å². The smallest absolute Gasteiger partial charge is 0.254 e. The van der Waals surface area contributed by atoms with Gasteiger partial charge in [0.15, 0.2) is 6.10 Å². The Hall–Kier alpha value is -1.31. The molecule has 2 atom stereocenters. The molecule has 0 aromatic heterocycles. The minimum atomic E-state index is -0.695. The van der Waals surface area contributed by atoms with Crippen LogP contribution in [0.3, 0.4) is 0 Å². The predicted octanol–water partition coefficient (Wildman–Crippen LogP) is 3.30. The number of terminal acetylenes is 1. The number of hydrogen-bond acceptors (Lipinski definition) is 2. The van der Waals surface area contributed by atoms with Gasteiger partial charge in [-0.3, -0.25) is 4.79 Å². The molecule has 108 valence electrons. The Bertz CT molecular complexity index is 521. The molecule has 0 fully saturated rings. The average Bonchev–Trinajstić information content (AvgIpc) is 2.39. The van der Waals surface area contributed by atoms with Gasteiger partial charge in [-0.15, -0.1) is 6.42 Å². The first kappa shape index (κ1) is 16.7. The summed E-state index contributed by atoms with van der Waals surface area (Å²) < 4.78 is 6.22. The highest BCUT2D eigenvalue weighted by atomic mass is 79.9. The fourth-order valence-electron chi connectivity index (χ4n) is 1.73. The lowest BCUT2D eigenvalue weighted by molar-refractivity contribution is -0.133. The summed E-state index contributed by atoms with van der Waals surface area (Å²) in [6.07, 6.45) is 4.87. The molecule has 0 saturated heterocycles. The molecule has 0 heterocycles. The first-order valence-electron chi connectivity index (χ1n) is 6.42. The van der Waals surface area contributed by atoms with Crippen LogP contribution in [0.25, 0.3) is 0 Å². The van der Waals surface area contributed by atoms with Crippen molar-refractivity contribution in [2.24, 2.45) is 5.92 Å². The molecule has 0 aliphatic rings. The number of ether oxygens (including phenoxy) is 1. The lowest BCUT2D eigenvalue weighted by Gasteiger charge is -2.31. The van der Waals surface area contributed by atoms with Crippen molar-refractivity contribution in [1.29, 1.82) is 0 Å². The first-order chi connectivity index (χ1) is 9.34. The van der Waals surface area contributed by atoms with E-state index in [1.807, 2.05) is 45.0 Å². The van der Waals surface area contributed by atoms with Gasteiger partial charge in [-0.1, -0.05) is 47.8 Å². The number of halogens is 1. The molecule has 1 N–H and O–H groups in total. The number of nitrogens with one attached hydrogen (secondary N) is 1. The van der Waals surface area contributed by atoms with Crippen LogP contribution in [0.15, 0.2) is 28.7 Å². The van der Waals surface area contributed by atoms with Crippen molar-refractivity contribution < 1.29 is 9.53 Å². The molecule has 0 radical (unpaired) electrons. The van der Waals surface area contributed by atoms with Crippen molar-refractivity contribution in [3.63, 3.8) is 0 Å². The molecule has 1 rings (SSSR count). The Balaban J connectivity index is 2.97. The van der Waals surface area contributed by atoms with Crippen LogP contribution in [-0.4, -0.2) is 18.6 Å². The fourth-order valence-corrected chi connectivity index (χ4v) is 2.15. The van der Waals surface area contributed by atoms with Crippen molar-refractivity contribution in [1.82, 2.24) is 5.32 Å². The van der Waals surface area contributed by atoms with Gasteiger partial charge in [-0.2, -0.15) is 0 Å². The SMILES string of the molecule is C#CC(C)(NC(=O)C(OC)c1cccc(Br)c1)C(C)C. The zero-order valence-corrected chi connectivity index (χ0v) is 13.8. The van der Waals surface area contributed by atoms with Gasteiger partial charge < -0.3 is 10.1 Å². The number of benzene rings is 1. The van der Waals surface area contributed by atoms with E-state index in [1.165, 1.54) is 7.11 Å². The van der Waals surface area contributed by atoms with E-state index in [-0.39, 0.29) is 11.8 Å². The van der Waals surface area contributed by atoms with E-state index in [4.69, 9.17) is 11.2 Å². The summed E-state index contributed by atoms with van der Waals surface area (Å²) in [5.41, 5.74) is 0.0855. The standard InChI is InChI=1S/C16H20BrNO2/c1-6-16(4,11(2)3)18-15(19)14(20-5)12-8-7-9-13(17)10-12/h1,7-11,14H,2-5H3,(H,18,19). The number of hydrogen-bond donors (Lipinski definition) is 1. The highest BCUT2D eigenvalue weighted by molar-refractivity contribution is 9.10. The summed E-state index contributed by atoms with van der Waals surface area (Å²) in [5, 5.41) is 2.90. The monoisotopic (exact) mass is 337 g/mol. The van der Waals surface area contributed by atoms with E-state index >= 15 is 0 Å². The Morgan fingerprint density at radius 3 is 2.60 bits per heavy atom. The second-order valence-electron chi connectivity index (χ2n) is 5.16. The Morgan fingerprint density at radius 2 is 2.15 bits per heavy atom. The van der Waals surface area contributed by atoms with Crippen LogP contribution in [0, 0.1) is 18.3 Å². The molecule has 20 heavy (non-hydrogen) atoms. The summed E-state index contributed by atoms with van der Waals surface area (Å²) in [4.78, 5) is 12.4. The van der Waals surface area contributed by atoms with Crippen LogP contribution in [0.5, 0.6) is 0 Å². The van der Waals surface area contributed by atoms with Gasteiger partial charge in [0, 0.05) is 11.6 Å². The molecule has 0 aliphatic heterocycles. The quantitative estimate of drug-likeness (QED) is 0.837. The molecule has 2 unspecified atom stereocenters. The van der Waals surface area contributed by atoms with E-state index in [0.29, 0.717) is 0 Å². The van der Waals surface area contributed by atoms with E-state index in [9.17, 15) is 4.79 Å². The molecular formula is C16H20BrNO2. The minimum absolute atomic E-state index is 0.122. The van der Waals surface area contributed by atoms with Gasteiger partial charge in [0.25, 0.3) is 5.91 Å². The number of carbonyl (C=O) groups is 1. The van der Waals surface area contributed by atoms with E-state index in [0.717, 1.165) is 10.0 Å². The maximum absolute atomic E-state index is 12.4.